The van der Waals surface area contributed by atoms with Gasteiger partial charge in [-0.25, -0.2) is 0 Å². The Balaban J connectivity index is 2.46. The minimum Gasteiger partial charge on any atom is -0.464 e. The summed E-state index contributed by atoms with van der Waals surface area (Å²) in [4.78, 5) is 23.1. The van der Waals surface area contributed by atoms with E-state index in [4.69, 9.17) is 4.74 Å². The molecule has 1 aromatic carbocycles. The summed E-state index contributed by atoms with van der Waals surface area (Å²) < 4.78 is 33.2. The zero-order valence-electron chi connectivity index (χ0n) is 11.6. The lowest BCUT2D eigenvalue weighted by molar-refractivity contribution is -0.142. The van der Waals surface area contributed by atoms with Crippen LogP contribution >= 0.6 is 0 Å². The zero-order valence-corrected chi connectivity index (χ0v) is 11.6. The highest BCUT2D eigenvalue weighted by Gasteiger charge is 2.11. The van der Waals surface area contributed by atoms with E-state index >= 15 is 0 Å². The Morgan fingerprint density at radius 1 is 1.33 bits per heavy atom. The molecule has 1 aromatic rings. The maximum Gasteiger partial charge on any atom is 0.387 e. The van der Waals surface area contributed by atoms with Crippen LogP contribution in [-0.4, -0.2) is 31.6 Å². The predicted octanol–water partition coefficient (Wildman–Crippen LogP) is 2.36. The van der Waals surface area contributed by atoms with Crippen molar-refractivity contribution in [3.63, 3.8) is 0 Å². The summed E-state index contributed by atoms with van der Waals surface area (Å²) in [6, 6.07) is 5.31. The number of hydrogen-bond acceptors (Lipinski definition) is 4. The molecule has 1 N–H and O–H groups in total. The second-order valence-electron chi connectivity index (χ2n) is 4.16. The molecule has 0 spiro atoms. The normalized spacial score (nSPS) is 10.3. The van der Waals surface area contributed by atoms with Crippen molar-refractivity contribution in [2.45, 2.75) is 26.4 Å². The van der Waals surface area contributed by atoms with Crippen molar-refractivity contribution >= 4 is 11.9 Å². The molecule has 21 heavy (non-hydrogen) atoms. The van der Waals surface area contributed by atoms with Gasteiger partial charge in [0.2, 0.25) is 0 Å². The monoisotopic (exact) mass is 301 g/mol. The number of rotatable bonds is 8. The smallest absolute Gasteiger partial charge is 0.387 e. The number of alkyl halides is 2. The largest absolute Gasteiger partial charge is 0.464 e. The average Bonchev–Trinajstić information content (AvgIpc) is 2.44. The third-order valence-corrected chi connectivity index (χ3v) is 2.48. The van der Waals surface area contributed by atoms with Crippen LogP contribution in [0.15, 0.2) is 24.3 Å². The average molecular weight is 301 g/mol. The van der Waals surface area contributed by atoms with E-state index in [9.17, 15) is 18.4 Å². The number of esters is 1. The first-order valence-corrected chi connectivity index (χ1v) is 6.51. The van der Waals surface area contributed by atoms with Crippen LogP contribution in [-0.2, 0) is 9.53 Å². The molecule has 0 heterocycles. The van der Waals surface area contributed by atoms with E-state index in [1.807, 2.05) is 6.92 Å². The van der Waals surface area contributed by atoms with Crippen molar-refractivity contribution in [2.24, 2.45) is 0 Å². The van der Waals surface area contributed by atoms with Gasteiger partial charge in [-0.2, -0.15) is 8.78 Å². The zero-order chi connectivity index (χ0) is 15.7. The Labute approximate surface area is 121 Å². The molecule has 0 aromatic heterocycles. The molecule has 0 atom stereocenters. The second-order valence-corrected chi connectivity index (χ2v) is 4.16. The summed E-state index contributed by atoms with van der Waals surface area (Å²) in [5, 5.41) is 2.35. The fourth-order valence-corrected chi connectivity index (χ4v) is 1.45. The van der Waals surface area contributed by atoms with Crippen molar-refractivity contribution in [1.82, 2.24) is 5.32 Å². The molecule has 1 rings (SSSR count). The number of benzene rings is 1. The summed E-state index contributed by atoms with van der Waals surface area (Å²) in [7, 11) is 0. The fourth-order valence-electron chi connectivity index (χ4n) is 1.45. The molecule has 0 saturated heterocycles. The molecule has 0 aliphatic carbocycles. The number of carbonyl (C=O) groups is 2. The van der Waals surface area contributed by atoms with Crippen LogP contribution in [0.25, 0.3) is 0 Å². The first kappa shape index (κ1) is 16.9. The highest BCUT2D eigenvalue weighted by atomic mass is 19.3. The summed E-state index contributed by atoms with van der Waals surface area (Å²) in [5.41, 5.74) is 0.120. The Morgan fingerprint density at radius 3 is 2.76 bits per heavy atom. The van der Waals surface area contributed by atoms with Crippen molar-refractivity contribution < 1.29 is 27.8 Å². The van der Waals surface area contributed by atoms with Crippen LogP contribution in [0.2, 0.25) is 0 Å². The van der Waals surface area contributed by atoms with E-state index < -0.39 is 18.5 Å². The number of carbonyl (C=O) groups excluding carboxylic acids is 2. The van der Waals surface area contributed by atoms with Crippen LogP contribution in [0.5, 0.6) is 5.75 Å². The van der Waals surface area contributed by atoms with Crippen LogP contribution < -0.4 is 10.1 Å². The van der Waals surface area contributed by atoms with Crippen molar-refractivity contribution in [1.29, 1.82) is 0 Å². The number of halogens is 2. The van der Waals surface area contributed by atoms with E-state index in [1.165, 1.54) is 24.3 Å². The molecule has 0 saturated carbocycles. The molecule has 0 aliphatic rings. The molecule has 7 heteroatoms. The molecule has 5 nitrogen and oxygen atoms in total. The van der Waals surface area contributed by atoms with E-state index in [2.05, 4.69) is 10.1 Å². The number of ether oxygens (including phenoxy) is 2. The Kier molecular flexibility index (Phi) is 7.14. The maximum atomic E-state index is 12.1. The van der Waals surface area contributed by atoms with Crippen LogP contribution in [0.1, 0.15) is 30.1 Å². The fraction of sp³-hybridized carbons (Fsp3) is 0.429. The first-order chi connectivity index (χ1) is 10.0. The number of amides is 1. The summed E-state index contributed by atoms with van der Waals surface area (Å²) in [5.74, 6) is -1.23. The quantitative estimate of drug-likeness (QED) is 0.591. The van der Waals surface area contributed by atoms with Crippen molar-refractivity contribution in [3.05, 3.63) is 29.8 Å². The van der Waals surface area contributed by atoms with Gasteiger partial charge in [0, 0.05) is 5.56 Å². The van der Waals surface area contributed by atoms with Gasteiger partial charge in [-0.15, -0.1) is 0 Å². The molecule has 0 unspecified atom stereocenters. The Morgan fingerprint density at radius 2 is 2.10 bits per heavy atom. The van der Waals surface area contributed by atoms with E-state index in [1.54, 1.807) is 0 Å². The predicted molar refractivity (Wildman–Crippen MR) is 71.3 cm³/mol. The standard InChI is InChI=1S/C14H17F2NO4/c1-2-3-7-20-12(18)9-17-13(19)10-5-4-6-11(8-10)21-14(15)16/h4-6,8,14H,2-3,7,9H2,1H3,(H,17,19). The molecule has 0 radical (unpaired) electrons. The third-order valence-electron chi connectivity index (χ3n) is 2.48. The lowest BCUT2D eigenvalue weighted by Crippen LogP contribution is -2.30. The number of hydrogen-bond donors (Lipinski definition) is 1. The summed E-state index contributed by atoms with van der Waals surface area (Å²) in [6.07, 6.45) is 1.66. The van der Waals surface area contributed by atoms with Gasteiger partial charge >= 0.3 is 12.6 Å². The SMILES string of the molecule is CCCCOC(=O)CNC(=O)c1cccc(OC(F)F)c1. The van der Waals surface area contributed by atoms with E-state index in [0.717, 1.165) is 12.8 Å². The minimum atomic E-state index is -2.96. The lowest BCUT2D eigenvalue weighted by Gasteiger charge is -2.08. The van der Waals surface area contributed by atoms with Gasteiger partial charge in [0.1, 0.15) is 12.3 Å². The topological polar surface area (TPSA) is 64.6 Å². The van der Waals surface area contributed by atoms with Crippen molar-refractivity contribution in [2.75, 3.05) is 13.2 Å². The maximum absolute atomic E-state index is 12.1. The molecular formula is C14H17F2NO4. The first-order valence-electron chi connectivity index (χ1n) is 6.51. The van der Waals surface area contributed by atoms with Crippen molar-refractivity contribution in [3.8, 4) is 5.75 Å². The molecule has 0 aliphatic heterocycles. The van der Waals surface area contributed by atoms with Gasteiger partial charge in [-0.05, 0) is 24.6 Å². The molecule has 1 amide bonds. The molecule has 0 bridgehead atoms. The highest BCUT2D eigenvalue weighted by molar-refractivity contribution is 5.96. The Bertz CT molecular complexity index is 480. The molecule has 0 fully saturated rings. The van der Waals surface area contributed by atoms with E-state index in [-0.39, 0.29) is 17.9 Å². The third kappa shape index (κ3) is 6.69. The molecule has 116 valence electrons. The number of unbranched alkanes of at least 4 members (excludes halogenated alkanes) is 1. The van der Waals surface area contributed by atoms with Gasteiger partial charge in [0.05, 0.1) is 6.61 Å². The molecular weight excluding hydrogens is 284 g/mol. The van der Waals surface area contributed by atoms with Crippen LogP contribution in [0.3, 0.4) is 0 Å². The lowest BCUT2D eigenvalue weighted by atomic mass is 10.2. The highest BCUT2D eigenvalue weighted by Crippen LogP contribution is 2.15. The second kappa shape index (κ2) is 8.89. The van der Waals surface area contributed by atoms with Gasteiger partial charge in [0.25, 0.3) is 5.91 Å². The van der Waals surface area contributed by atoms with Gasteiger partial charge in [0.15, 0.2) is 0 Å². The van der Waals surface area contributed by atoms with Crippen LogP contribution in [0.4, 0.5) is 8.78 Å². The van der Waals surface area contributed by atoms with Gasteiger partial charge in [-0.1, -0.05) is 19.4 Å². The van der Waals surface area contributed by atoms with Gasteiger partial charge < -0.3 is 14.8 Å². The summed E-state index contributed by atoms with van der Waals surface area (Å²) in [6.45, 7) is -0.966. The Hall–Kier alpha value is -2.18. The number of nitrogens with one attached hydrogen (secondary N) is 1. The summed E-state index contributed by atoms with van der Waals surface area (Å²) >= 11 is 0. The van der Waals surface area contributed by atoms with Crippen LogP contribution in [0, 0.1) is 0 Å². The minimum absolute atomic E-state index is 0.120. The van der Waals surface area contributed by atoms with Gasteiger partial charge in [-0.3, -0.25) is 9.59 Å². The van der Waals surface area contributed by atoms with E-state index in [0.29, 0.717) is 6.61 Å².